The first-order valence-corrected chi connectivity index (χ1v) is 12.5. The van der Waals surface area contributed by atoms with Crippen molar-refractivity contribution in [2.45, 2.75) is 37.9 Å². The third-order valence-electron chi connectivity index (χ3n) is 7.06. The molecule has 34 heavy (non-hydrogen) atoms. The van der Waals surface area contributed by atoms with Gasteiger partial charge in [0.05, 0.1) is 36.4 Å². The van der Waals surface area contributed by atoms with E-state index in [4.69, 9.17) is 23.2 Å². The van der Waals surface area contributed by atoms with E-state index in [1.165, 1.54) is 0 Å². The fourth-order valence-corrected chi connectivity index (χ4v) is 5.70. The van der Waals surface area contributed by atoms with Gasteiger partial charge in [0.15, 0.2) is 0 Å². The van der Waals surface area contributed by atoms with E-state index in [-0.39, 0.29) is 30.6 Å². The number of aliphatic hydroxyl groups excluding tert-OH is 1. The van der Waals surface area contributed by atoms with E-state index in [1.807, 2.05) is 27.9 Å². The van der Waals surface area contributed by atoms with Gasteiger partial charge in [0, 0.05) is 40.8 Å². The van der Waals surface area contributed by atoms with Crippen molar-refractivity contribution in [2.24, 2.45) is 0 Å². The summed E-state index contributed by atoms with van der Waals surface area (Å²) in [7, 11) is 0. The first kappa shape index (κ1) is 23.4. The summed E-state index contributed by atoms with van der Waals surface area (Å²) in [5.41, 5.74) is 3.01. The van der Waals surface area contributed by atoms with Crippen molar-refractivity contribution in [1.82, 2.24) is 20.0 Å². The lowest BCUT2D eigenvalue weighted by atomic mass is 10.1. The number of aromatic nitrogens is 2. The topological polar surface area (TPSA) is 73.6 Å². The Bertz CT molecular complexity index is 1190. The third-order valence-corrected chi connectivity index (χ3v) is 7.62. The number of hydrogen-bond acceptors (Lipinski definition) is 5. The number of rotatable bonds is 5. The number of anilines is 1. The molecule has 5 rings (SSSR count). The molecule has 3 heterocycles. The van der Waals surface area contributed by atoms with Gasteiger partial charge in [-0.1, -0.05) is 29.3 Å². The van der Waals surface area contributed by atoms with Crippen molar-refractivity contribution in [3.8, 4) is 0 Å². The van der Waals surface area contributed by atoms with Gasteiger partial charge in [0.25, 0.3) is 0 Å². The second kappa shape index (κ2) is 9.74. The van der Waals surface area contributed by atoms with Crippen LogP contribution in [0.5, 0.6) is 0 Å². The van der Waals surface area contributed by atoms with Crippen LogP contribution in [0.4, 0.5) is 5.69 Å². The van der Waals surface area contributed by atoms with Gasteiger partial charge >= 0.3 is 0 Å². The zero-order valence-corrected chi connectivity index (χ0v) is 20.6. The molecule has 2 aliphatic heterocycles. The van der Waals surface area contributed by atoms with Crippen molar-refractivity contribution in [2.75, 3.05) is 37.7 Å². The first-order valence-electron chi connectivity index (χ1n) is 11.8. The largest absolute Gasteiger partial charge is 0.394 e. The summed E-state index contributed by atoms with van der Waals surface area (Å²) in [5.74, 6) is 0.110. The molecule has 2 N–H and O–H groups in total. The summed E-state index contributed by atoms with van der Waals surface area (Å²) < 4.78 is 1.98. The molecule has 2 aliphatic rings. The van der Waals surface area contributed by atoms with Gasteiger partial charge in [-0.15, -0.1) is 0 Å². The maximum Gasteiger partial charge on any atom is 0.240 e. The summed E-state index contributed by atoms with van der Waals surface area (Å²) in [5, 5.41) is 20.3. The van der Waals surface area contributed by atoms with Crippen LogP contribution >= 0.6 is 23.2 Å². The van der Waals surface area contributed by atoms with Crippen LogP contribution in [0.2, 0.25) is 10.0 Å². The number of piperazine rings is 1. The summed E-state index contributed by atoms with van der Waals surface area (Å²) in [6.45, 7) is 4.79. The standard InChI is InChI=1S/C25H29Cl2N5O2/c1-16(21-7-5-18(26)11-22(21)27)32-24-12-19(6-4-17(24)13-29-32)30-9-10-31(20(14-30)15-33)25(34)23-3-2-8-28-23/h4-7,11-13,16,20,23,28,33H,2-3,8-10,14-15H2,1H3/t16-,20+,23?/m1/s1. The number of halogens is 2. The van der Waals surface area contributed by atoms with Crippen molar-refractivity contribution in [1.29, 1.82) is 0 Å². The van der Waals surface area contributed by atoms with Crippen molar-refractivity contribution in [3.05, 3.63) is 58.2 Å². The predicted molar refractivity (Wildman–Crippen MR) is 136 cm³/mol. The van der Waals surface area contributed by atoms with Crippen molar-refractivity contribution >= 4 is 45.7 Å². The molecule has 2 aromatic carbocycles. The Morgan fingerprint density at radius 1 is 1.24 bits per heavy atom. The summed E-state index contributed by atoms with van der Waals surface area (Å²) >= 11 is 12.6. The molecule has 9 heteroatoms. The number of amides is 1. The molecule has 0 aliphatic carbocycles. The highest BCUT2D eigenvalue weighted by Crippen LogP contribution is 2.32. The molecular weight excluding hydrogens is 473 g/mol. The fraction of sp³-hybridized carbons (Fsp3) is 0.440. The Kier molecular flexibility index (Phi) is 6.71. The maximum absolute atomic E-state index is 13.0. The molecule has 0 bridgehead atoms. The van der Waals surface area contributed by atoms with Crippen LogP contribution in [0, 0.1) is 0 Å². The number of carbonyl (C=O) groups is 1. The van der Waals surface area contributed by atoms with Crippen LogP contribution in [-0.4, -0.2) is 70.6 Å². The molecule has 2 saturated heterocycles. The zero-order valence-electron chi connectivity index (χ0n) is 19.1. The molecule has 7 nitrogen and oxygen atoms in total. The monoisotopic (exact) mass is 501 g/mol. The van der Waals surface area contributed by atoms with E-state index < -0.39 is 0 Å². The summed E-state index contributed by atoms with van der Waals surface area (Å²) in [4.78, 5) is 17.1. The average Bonchev–Trinajstić information content (AvgIpc) is 3.53. The lowest BCUT2D eigenvalue weighted by Gasteiger charge is -2.42. The van der Waals surface area contributed by atoms with E-state index >= 15 is 0 Å². The third kappa shape index (κ3) is 4.38. The molecule has 0 radical (unpaired) electrons. The number of aliphatic hydroxyl groups is 1. The predicted octanol–water partition coefficient (Wildman–Crippen LogP) is 3.71. The van der Waals surface area contributed by atoms with E-state index in [0.29, 0.717) is 29.7 Å². The lowest BCUT2D eigenvalue weighted by Crippen LogP contribution is -2.59. The van der Waals surface area contributed by atoms with Gasteiger partial charge in [-0.2, -0.15) is 5.10 Å². The number of nitrogens with zero attached hydrogens (tertiary/aromatic N) is 4. The van der Waals surface area contributed by atoms with Gasteiger partial charge < -0.3 is 20.2 Å². The van der Waals surface area contributed by atoms with E-state index in [1.54, 1.807) is 6.07 Å². The average molecular weight is 502 g/mol. The molecule has 0 saturated carbocycles. The molecule has 0 spiro atoms. The lowest BCUT2D eigenvalue weighted by molar-refractivity contribution is -0.136. The van der Waals surface area contributed by atoms with Crippen LogP contribution in [-0.2, 0) is 4.79 Å². The van der Waals surface area contributed by atoms with Crippen LogP contribution in [0.1, 0.15) is 31.4 Å². The van der Waals surface area contributed by atoms with Crippen molar-refractivity contribution < 1.29 is 9.90 Å². The van der Waals surface area contributed by atoms with Gasteiger partial charge in [-0.25, -0.2) is 0 Å². The normalized spacial score (nSPS) is 21.9. The number of benzene rings is 2. The first-order chi connectivity index (χ1) is 16.5. The Morgan fingerprint density at radius 3 is 2.82 bits per heavy atom. The highest BCUT2D eigenvalue weighted by molar-refractivity contribution is 6.35. The molecule has 3 atom stereocenters. The molecule has 2 fully saturated rings. The van der Waals surface area contributed by atoms with Crippen LogP contribution < -0.4 is 10.2 Å². The van der Waals surface area contributed by atoms with Gasteiger partial charge in [0.1, 0.15) is 0 Å². The van der Waals surface area contributed by atoms with E-state index in [0.717, 1.165) is 41.5 Å². The Labute approximate surface area is 209 Å². The maximum atomic E-state index is 13.0. The van der Waals surface area contributed by atoms with Gasteiger partial charge in [-0.05, 0) is 62.2 Å². The van der Waals surface area contributed by atoms with E-state index in [2.05, 4.69) is 40.4 Å². The van der Waals surface area contributed by atoms with Crippen LogP contribution in [0.3, 0.4) is 0 Å². The highest BCUT2D eigenvalue weighted by atomic mass is 35.5. The minimum atomic E-state index is -0.226. The summed E-state index contributed by atoms with van der Waals surface area (Å²) in [6.07, 6.45) is 3.75. The number of carbonyl (C=O) groups excluding carboxylic acids is 1. The fourth-order valence-electron chi connectivity index (χ4n) is 5.14. The van der Waals surface area contributed by atoms with E-state index in [9.17, 15) is 9.90 Å². The molecule has 3 aromatic rings. The van der Waals surface area contributed by atoms with Crippen LogP contribution in [0.15, 0.2) is 42.6 Å². The van der Waals surface area contributed by atoms with Gasteiger partial charge in [-0.3, -0.25) is 9.48 Å². The minimum absolute atomic E-state index is 0.0543. The Balaban J connectivity index is 1.39. The van der Waals surface area contributed by atoms with Crippen LogP contribution in [0.25, 0.3) is 10.9 Å². The van der Waals surface area contributed by atoms with Crippen molar-refractivity contribution in [3.63, 3.8) is 0 Å². The second-order valence-electron chi connectivity index (χ2n) is 9.14. The molecule has 1 unspecified atom stereocenters. The zero-order chi connectivity index (χ0) is 23.8. The quantitative estimate of drug-likeness (QED) is 0.557. The Hall–Kier alpha value is -2.32. The summed E-state index contributed by atoms with van der Waals surface area (Å²) in [6, 6.07) is 11.4. The molecule has 1 amide bonds. The number of nitrogens with one attached hydrogen (secondary N) is 1. The minimum Gasteiger partial charge on any atom is -0.394 e. The number of fused-ring (bicyclic) bond motifs is 1. The van der Waals surface area contributed by atoms with Gasteiger partial charge in [0.2, 0.25) is 5.91 Å². The smallest absolute Gasteiger partial charge is 0.240 e. The Morgan fingerprint density at radius 2 is 2.09 bits per heavy atom. The second-order valence-corrected chi connectivity index (χ2v) is 9.98. The molecule has 180 valence electrons. The SMILES string of the molecule is C[C@H](c1ccc(Cl)cc1Cl)n1ncc2ccc(N3CCN(C(=O)C4CCCN4)[C@H](CO)C3)cc21. The molecule has 1 aromatic heterocycles. The number of hydrogen-bond donors (Lipinski definition) is 2. The highest BCUT2D eigenvalue weighted by Gasteiger charge is 2.35. The molecular formula is C25H29Cl2N5O2.